The van der Waals surface area contributed by atoms with E-state index in [2.05, 4.69) is 11.4 Å². The van der Waals surface area contributed by atoms with Gasteiger partial charge >= 0.3 is 0 Å². The molecule has 0 spiro atoms. The van der Waals surface area contributed by atoms with Crippen LogP contribution >= 0.6 is 0 Å². The summed E-state index contributed by atoms with van der Waals surface area (Å²) < 4.78 is 10.9. The molecule has 1 amide bonds. The van der Waals surface area contributed by atoms with Gasteiger partial charge in [-0.25, -0.2) is 0 Å². The second-order valence-corrected chi connectivity index (χ2v) is 4.50. The number of piperidine rings is 1. The van der Waals surface area contributed by atoms with Crippen molar-refractivity contribution in [3.63, 3.8) is 0 Å². The van der Waals surface area contributed by atoms with Gasteiger partial charge in [0.05, 0.1) is 25.3 Å². The molecule has 0 saturated carbocycles. The molecule has 0 aromatic heterocycles. The van der Waals surface area contributed by atoms with Gasteiger partial charge in [-0.15, -0.1) is 0 Å². The molecular weight excluding hydrogens is 244 g/mol. The highest BCUT2D eigenvalue weighted by Gasteiger charge is 2.20. The van der Waals surface area contributed by atoms with Crippen LogP contribution in [0.2, 0.25) is 0 Å². The van der Waals surface area contributed by atoms with Crippen LogP contribution in [0, 0.1) is 17.2 Å². The van der Waals surface area contributed by atoms with E-state index in [0.29, 0.717) is 36.6 Å². The first-order valence-corrected chi connectivity index (χ1v) is 6.20. The molecule has 1 heterocycles. The van der Waals surface area contributed by atoms with Gasteiger partial charge in [0.25, 0.3) is 0 Å². The molecule has 0 aliphatic carbocycles. The Morgan fingerprint density at radius 3 is 3.00 bits per heavy atom. The van der Waals surface area contributed by atoms with Crippen LogP contribution in [0.1, 0.15) is 18.4 Å². The summed E-state index contributed by atoms with van der Waals surface area (Å²) in [6.45, 7) is 1.19. The Morgan fingerprint density at radius 2 is 2.32 bits per heavy atom. The summed E-state index contributed by atoms with van der Waals surface area (Å²) in [5.41, 5.74) is 0.529. The largest absolute Gasteiger partial charge is 0.493 e. The van der Waals surface area contributed by atoms with Crippen LogP contribution in [0.4, 0.5) is 0 Å². The van der Waals surface area contributed by atoms with E-state index in [1.807, 2.05) is 0 Å². The lowest BCUT2D eigenvalue weighted by Gasteiger charge is -2.22. The Balaban J connectivity index is 1.99. The molecule has 2 rings (SSSR count). The molecule has 1 N–H and O–H groups in total. The van der Waals surface area contributed by atoms with Crippen molar-refractivity contribution < 1.29 is 14.3 Å². The zero-order chi connectivity index (χ0) is 13.7. The molecule has 1 aromatic carbocycles. The van der Waals surface area contributed by atoms with Crippen LogP contribution in [0.3, 0.4) is 0 Å². The highest BCUT2D eigenvalue weighted by atomic mass is 16.5. The average Bonchev–Trinajstić information content (AvgIpc) is 2.45. The summed E-state index contributed by atoms with van der Waals surface area (Å²) in [6.07, 6.45) is 1.42. The van der Waals surface area contributed by atoms with Gasteiger partial charge in [-0.05, 0) is 18.6 Å². The van der Waals surface area contributed by atoms with Crippen LogP contribution in [-0.4, -0.2) is 26.2 Å². The maximum absolute atomic E-state index is 11.3. The average molecular weight is 260 g/mol. The first-order chi connectivity index (χ1) is 9.22. The topological polar surface area (TPSA) is 71.3 Å². The van der Waals surface area contributed by atoms with Crippen molar-refractivity contribution in [1.29, 1.82) is 5.26 Å². The van der Waals surface area contributed by atoms with Crippen molar-refractivity contribution in [3.05, 3.63) is 23.8 Å². The molecule has 5 heteroatoms. The number of amides is 1. The Morgan fingerprint density at radius 1 is 1.47 bits per heavy atom. The number of nitrogens with zero attached hydrogens (tertiary/aromatic N) is 1. The molecule has 1 aromatic rings. The zero-order valence-corrected chi connectivity index (χ0v) is 10.8. The summed E-state index contributed by atoms with van der Waals surface area (Å²) in [5, 5.41) is 11.6. The van der Waals surface area contributed by atoms with E-state index >= 15 is 0 Å². The van der Waals surface area contributed by atoms with Crippen LogP contribution in [0.15, 0.2) is 18.2 Å². The lowest BCUT2D eigenvalue weighted by atomic mass is 9.99. The van der Waals surface area contributed by atoms with Crippen molar-refractivity contribution >= 4 is 5.91 Å². The fraction of sp³-hybridized carbons (Fsp3) is 0.429. The van der Waals surface area contributed by atoms with Crippen molar-refractivity contribution in [2.45, 2.75) is 12.8 Å². The predicted octanol–water partition coefficient (Wildman–Crippen LogP) is 1.47. The van der Waals surface area contributed by atoms with Crippen LogP contribution < -0.4 is 14.8 Å². The number of ether oxygens (including phenoxy) is 2. The third-order valence-corrected chi connectivity index (χ3v) is 3.12. The predicted molar refractivity (Wildman–Crippen MR) is 68.9 cm³/mol. The minimum atomic E-state index is 0.0756. The summed E-state index contributed by atoms with van der Waals surface area (Å²) >= 11 is 0. The Hall–Kier alpha value is -2.22. The molecule has 19 heavy (non-hydrogen) atoms. The SMILES string of the molecule is COc1cc(C#N)ccc1OCC1CCNC(=O)C1. The lowest BCUT2D eigenvalue weighted by molar-refractivity contribution is -0.123. The minimum absolute atomic E-state index is 0.0756. The maximum atomic E-state index is 11.3. The molecule has 1 atom stereocenters. The van der Waals surface area contributed by atoms with Gasteiger partial charge in [0.2, 0.25) is 5.91 Å². The van der Waals surface area contributed by atoms with Crippen molar-refractivity contribution in [2.24, 2.45) is 5.92 Å². The second kappa shape index (κ2) is 6.10. The van der Waals surface area contributed by atoms with Gasteiger partial charge in [0.15, 0.2) is 11.5 Å². The quantitative estimate of drug-likeness (QED) is 0.890. The third kappa shape index (κ3) is 3.38. The number of methoxy groups -OCH3 is 1. The Kier molecular flexibility index (Phi) is 4.24. The molecule has 1 saturated heterocycles. The fourth-order valence-corrected chi connectivity index (χ4v) is 2.06. The number of hydrogen-bond donors (Lipinski definition) is 1. The number of carbonyl (C=O) groups is 1. The monoisotopic (exact) mass is 260 g/mol. The zero-order valence-electron chi connectivity index (χ0n) is 10.8. The second-order valence-electron chi connectivity index (χ2n) is 4.50. The van der Waals surface area contributed by atoms with E-state index in [0.717, 1.165) is 6.42 Å². The normalized spacial score (nSPS) is 18.3. The van der Waals surface area contributed by atoms with Crippen LogP contribution in [0.25, 0.3) is 0 Å². The van der Waals surface area contributed by atoms with E-state index in [4.69, 9.17) is 14.7 Å². The van der Waals surface area contributed by atoms with E-state index < -0.39 is 0 Å². The number of rotatable bonds is 4. The molecule has 1 fully saturated rings. The number of nitrogens with one attached hydrogen (secondary N) is 1. The first kappa shape index (κ1) is 13.2. The summed E-state index contributed by atoms with van der Waals surface area (Å²) in [6, 6.07) is 7.10. The third-order valence-electron chi connectivity index (χ3n) is 3.12. The Labute approximate surface area is 112 Å². The molecule has 100 valence electrons. The van der Waals surface area contributed by atoms with Gasteiger partial charge < -0.3 is 14.8 Å². The number of hydrogen-bond acceptors (Lipinski definition) is 4. The van der Waals surface area contributed by atoms with Crippen molar-refractivity contribution in [3.8, 4) is 17.6 Å². The lowest BCUT2D eigenvalue weighted by Crippen LogP contribution is -2.35. The van der Waals surface area contributed by atoms with E-state index in [9.17, 15) is 4.79 Å². The van der Waals surface area contributed by atoms with Gasteiger partial charge in [-0.3, -0.25) is 4.79 Å². The molecule has 1 aliphatic rings. The van der Waals surface area contributed by atoms with E-state index in [-0.39, 0.29) is 11.8 Å². The molecular formula is C14H16N2O3. The number of benzene rings is 1. The molecule has 0 bridgehead atoms. The fourth-order valence-electron chi connectivity index (χ4n) is 2.06. The number of nitriles is 1. The van der Waals surface area contributed by atoms with Crippen molar-refractivity contribution in [2.75, 3.05) is 20.3 Å². The first-order valence-electron chi connectivity index (χ1n) is 6.20. The maximum Gasteiger partial charge on any atom is 0.220 e. The summed E-state index contributed by atoms with van der Waals surface area (Å²) in [4.78, 5) is 11.3. The summed E-state index contributed by atoms with van der Waals surface area (Å²) in [7, 11) is 1.54. The Bertz CT molecular complexity index is 508. The minimum Gasteiger partial charge on any atom is -0.493 e. The highest BCUT2D eigenvalue weighted by molar-refractivity contribution is 5.76. The molecule has 5 nitrogen and oxygen atoms in total. The van der Waals surface area contributed by atoms with Crippen molar-refractivity contribution in [1.82, 2.24) is 5.32 Å². The number of carbonyl (C=O) groups excluding carboxylic acids is 1. The van der Waals surface area contributed by atoms with Crippen LogP contribution in [0.5, 0.6) is 11.5 Å². The van der Waals surface area contributed by atoms with Gasteiger partial charge in [-0.2, -0.15) is 5.26 Å². The smallest absolute Gasteiger partial charge is 0.220 e. The van der Waals surface area contributed by atoms with Gasteiger partial charge in [-0.1, -0.05) is 0 Å². The highest BCUT2D eigenvalue weighted by Crippen LogP contribution is 2.28. The van der Waals surface area contributed by atoms with Crippen LogP contribution in [-0.2, 0) is 4.79 Å². The van der Waals surface area contributed by atoms with Gasteiger partial charge in [0.1, 0.15) is 0 Å². The molecule has 1 aliphatic heterocycles. The van der Waals surface area contributed by atoms with Gasteiger partial charge in [0, 0.05) is 24.9 Å². The standard InChI is InChI=1S/C14H16N2O3/c1-18-13-6-10(8-15)2-3-12(13)19-9-11-4-5-16-14(17)7-11/h2-3,6,11H,4-5,7,9H2,1H3,(H,16,17). The summed E-state index contributed by atoms with van der Waals surface area (Å²) in [5.74, 6) is 1.45. The van der Waals surface area contributed by atoms with E-state index in [1.54, 1.807) is 18.2 Å². The molecule has 1 unspecified atom stereocenters. The van der Waals surface area contributed by atoms with E-state index in [1.165, 1.54) is 7.11 Å². The molecule has 0 radical (unpaired) electrons.